The number of carbonyl (C=O) groups is 1. The molecule has 1 atom stereocenters. The lowest BCUT2D eigenvalue weighted by Crippen LogP contribution is -2.23. The van der Waals surface area contributed by atoms with Gasteiger partial charge in [0.15, 0.2) is 6.10 Å². The molecule has 0 saturated heterocycles. The number of hydrogen-bond donors (Lipinski definition) is 0. The van der Waals surface area contributed by atoms with Crippen molar-refractivity contribution >= 4 is 12.7 Å². The van der Waals surface area contributed by atoms with Crippen LogP contribution in [0.2, 0.25) is 0 Å². The summed E-state index contributed by atoms with van der Waals surface area (Å²) >= 11 is 0. The molecule has 7 nitrogen and oxygen atoms in total. The molecule has 0 aliphatic heterocycles. The van der Waals surface area contributed by atoms with Crippen molar-refractivity contribution in [1.82, 2.24) is 9.78 Å². The molecule has 0 N–H and O–H groups in total. The highest BCUT2D eigenvalue weighted by Crippen LogP contribution is 2.37. The number of esters is 1. The van der Waals surface area contributed by atoms with Crippen molar-refractivity contribution < 1.29 is 19.1 Å². The van der Waals surface area contributed by atoms with Gasteiger partial charge >= 0.3 is 5.97 Å². The number of oxime groups is 1. The number of para-hydroxylation sites is 1. The highest BCUT2D eigenvalue weighted by Gasteiger charge is 2.28. The zero-order valence-corrected chi connectivity index (χ0v) is 18.5. The van der Waals surface area contributed by atoms with Crippen LogP contribution in [0.15, 0.2) is 59.8 Å². The van der Waals surface area contributed by atoms with Gasteiger partial charge in [-0.2, -0.15) is 5.10 Å². The van der Waals surface area contributed by atoms with Gasteiger partial charge in [0.1, 0.15) is 11.4 Å². The van der Waals surface area contributed by atoms with Crippen LogP contribution >= 0.6 is 0 Å². The van der Waals surface area contributed by atoms with Gasteiger partial charge in [0.25, 0.3) is 0 Å². The Morgan fingerprint density at radius 1 is 1.10 bits per heavy atom. The molecular weight excluding hydrogens is 394 g/mol. The van der Waals surface area contributed by atoms with Gasteiger partial charge in [-0.25, -0.2) is 9.48 Å². The summed E-state index contributed by atoms with van der Waals surface area (Å²) in [5.41, 5.74) is 2.12. The molecule has 0 saturated carbocycles. The summed E-state index contributed by atoms with van der Waals surface area (Å²) in [5.74, 6) is 0.829. The minimum Gasteiger partial charge on any atom is -0.456 e. The minimum atomic E-state index is -0.613. The molecule has 0 spiro atoms. The molecule has 1 unspecified atom stereocenters. The van der Waals surface area contributed by atoms with Gasteiger partial charge in [0.05, 0.1) is 16.8 Å². The summed E-state index contributed by atoms with van der Waals surface area (Å²) in [5, 5.41) is 8.16. The Balaban J connectivity index is 1.96. The highest BCUT2D eigenvalue weighted by molar-refractivity contribution is 5.89. The largest absolute Gasteiger partial charge is 0.456 e. The molecule has 162 valence electrons. The van der Waals surface area contributed by atoms with Gasteiger partial charge in [-0.05, 0) is 57.5 Å². The minimum absolute atomic E-state index is 0.385. The number of nitrogens with zero attached hydrogens (tertiary/aromatic N) is 3. The van der Waals surface area contributed by atoms with Crippen molar-refractivity contribution in [2.75, 3.05) is 0 Å². The average Bonchev–Trinajstić information content (AvgIpc) is 2.99. The molecule has 0 aliphatic rings. The third kappa shape index (κ3) is 5.31. The third-order valence-electron chi connectivity index (χ3n) is 4.46. The van der Waals surface area contributed by atoms with Crippen LogP contribution < -0.4 is 4.74 Å². The van der Waals surface area contributed by atoms with Crippen LogP contribution in [0, 0.1) is 6.92 Å². The summed E-state index contributed by atoms with van der Waals surface area (Å²) in [4.78, 5) is 18.0. The first-order valence-electron chi connectivity index (χ1n) is 9.91. The molecule has 3 rings (SSSR count). The Morgan fingerprint density at radius 2 is 1.74 bits per heavy atom. The van der Waals surface area contributed by atoms with Crippen LogP contribution in [0.5, 0.6) is 11.6 Å². The van der Waals surface area contributed by atoms with Gasteiger partial charge in [-0.1, -0.05) is 30.3 Å². The van der Waals surface area contributed by atoms with E-state index in [1.807, 2.05) is 58.0 Å². The van der Waals surface area contributed by atoms with Crippen LogP contribution in [0.25, 0.3) is 0 Å². The van der Waals surface area contributed by atoms with Crippen molar-refractivity contribution in [2.45, 2.75) is 39.4 Å². The van der Waals surface area contributed by atoms with E-state index < -0.39 is 11.7 Å². The molecular formula is C24H27N3O4. The van der Waals surface area contributed by atoms with Gasteiger partial charge < -0.3 is 14.3 Å². The van der Waals surface area contributed by atoms with E-state index in [1.165, 1.54) is 0 Å². The number of aromatic nitrogens is 2. The molecule has 0 amide bonds. The van der Waals surface area contributed by atoms with E-state index in [4.69, 9.17) is 14.3 Å². The van der Waals surface area contributed by atoms with Crippen molar-refractivity contribution in [3.63, 3.8) is 0 Å². The van der Waals surface area contributed by atoms with Gasteiger partial charge in [-0.15, -0.1) is 5.16 Å². The number of carbonyl (C=O) groups excluding carboxylic acids is 1. The Kier molecular flexibility index (Phi) is 6.44. The number of ether oxygens (including phenoxy) is 2. The lowest BCUT2D eigenvalue weighted by atomic mass is 10.0. The lowest BCUT2D eigenvalue weighted by molar-refractivity contribution is 0.00693. The number of hydrogen-bond acceptors (Lipinski definition) is 6. The van der Waals surface area contributed by atoms with Crippen LogP contribution in [0.4, 0.5) is 0 Å². The van der Waals surface area contributed by atoms with Gasteiger partial charge in [0.2, 0.25) is 5.88 Å². The maximum atomic E-state index is 12.3. The van der Waals surface area contributed by atoms with E-state index in [2.05, 4.69) is 17.0 Å². The predicted molar refractivity (Wildman–Crippen MR) is 119 cm³/mol. The second-order valence-corrected chi connectivity index (χ2v) is 8.08. The first-order chi connectivity index (χ1) is 14.7. The predicted octanol–water partition coefficient (Wildman–Crippen LogP) is 5.20. The van der Waals surface area contributed by atoms with E-state index in [-0.39, 0.29) is 5.97 Å². The Hall–Kier alpha value is -3.61. The van der Waals surface area contributed by atoms with E-state index in [1.54, 1.807) is 36.0 Å². The molecule has 31 heavy (non-hydrogen) atoms. The zero-order chi connectivity index (χ0) is 22.6. The quantitative estimate of drug-likeness (QED) is 0.298. The van der Waals surface area contributed by atoms with Gasteiger partial charge in [-0.3, -0.25) is 0 Å². The number of aryl methyl sites for hydroxylation is 2. The first-order valence-corrected chi connectivity index (χ1v) is 9.91. The SMILES string of the molecule is C=NOC(c1ccc(C(=O)OC(C)(C)C)cc1)c1c(C)nn(C)c1Oc1ccccc1. The smallest absolute Gasteiger partial charge is 0.338 e. The van der Waals surface area contributed by atoms with Crippen molar-refractivity contribution in [3.05, 3.63) is 77.0 Å². The summed E-state index contributed by atoms with van der Waals surface area (Å²) < 4.78 is 13.2. The lowest BCUT2D eigenvalue weighted by Gasteiger charge is -2.20. The van der Waals surface area contributed by atoms with Crippen LogP contribution in [-0.4, -0.2) is 28.1 Å². The molecule has 7 heteroatoms. The Morgan fingerprint density at radius 3 is 2.32 bits per heavy atom. The van der Waals surface area contributed by atoms with E-state index >= 15 is 0 Å². The van der Waals surface area contributed by atoms with Crippen molar-refractivity contribution in [2.24, 2.45) is 12.2 Å². The van der Waals surface area contributed by atoms with Crippen molar-refractivity contribution in [1.29, 1.82) is 0 Å². The summed E-state index contributed by atoms with van der Waals surface area (Å²) in [6.07, 6.45) is -0.613. The Labute approximate surface area is 182 Å². The van der Waals surface area contributed by atoms with Crippen LogP contribution in [-0.2, 0) is 16.6 Å². The second kappa shape index (κ2) is 9.04. The zero-order valence-electron chi connectivity index (χ0n) is 18.5. The molecule has 2 aromatic carbocycles. The van der Waals surface area contributed by atoms with E-state index in [0.717, 1.165) is 16.8 Å². The van der Waals surface area contributed by atoms with Gasteiger partial charge in [0, 0.05) is 13.8 Å². The molecule has 0 bridgehead atoms. The Bertz CT molecular complexity index is 1050. The fraction of sp³-hybridized carbons (Fsp3) is 0.292. The summed E-state index contributed by atoms with van der Waals surface area (Å²) in [6, 6.07) is 16.4. The fourth-order valence-electron chi connectivity index (χ4n) is 3.16. The molecule has 3 aromatic rings. The molecule has 0 fully saturated rings. The van der Waals surface area contributed by atoms with Crippen LogP contribution in [0.3, 0.4) is 0 Å². The normalized spacial score (nSPS) is 12.2. The molecule has 0 aliphatic carbocycles. The molecule has 1 heterocycles. The maximum absolute atomic E-state index is 12.3. The number of benzene rings is 2. The highest BCUT2D eigenvalue weighted by atomic mass is 16.6. The second-order valence-electron chi connectivity index (χ2n) is 8.08. The topological polar surface area (TPSA) is 74.9 Å². The summed E-state index contributed by atoms with van der Waals surface area (Å²) in [7, 11) is 1.80. The molecule has 0 radical (unpaired) electrons. The monoisotopic (exact) mass is 421 g/mol. The van der Waals surface area contributed by atoms with Crippen molar-refractivity contribution in [3.8, 4) is 11.6 Å². The average molecular weight is 421 g/mol. The van der Waals surface area contributed by atoms with E-state index in [9.17, 15) is 4.79 Å². The van der Waals surface area contributed by atoms with E-state index in [0.29, 0.717) is 17.2 Å². The standard InChI is InChI=1S/C24H27N3O4/c1-16-20(22(27(6)26-16)29-19-10-8-7-9-11-19)21(31-25-5)17-12-14-18(15-13-17)23(28)30-24(2,3)4/h7-15,21H,5H2,1-4,6H3. The third-order valence-corrected chi connectivity index (χ3v) is 4.46. The number of rotatable bonds is 7. The fourth-order valence-corrected chi connectivity index (χ4v) is 3.16. The maximum Gasteiger partial charge on any atom is 0.338 e. The molecule has 1 aromatic heterocycles. The summed E-state index contributed by atoms with van der Waals surface area (Å²) in [6.45, 7) is 10.8. The van der Waals surface area contributed by atoms with Crippen LogP contribution in [0.1, 0.15) is 54.1 Å². The first kappa shape index (κ1) is 22.1.